The summed E-state index contributed by atoms with van der Waals surface area (Å²) < 4.78 is 12.0. The number of fused-ring (bicyclic) bond motifs is 1. The molecule has 5 rings (SSSR count). The number of nitrogens with one attached hydrogen (secondary N) is 2. The molecule has 0 bridgehead atoms. The van der Waals surface area contributed by atoms with Crippen molar-refractivity contribution >= 4 is 34.3 Å². The van der Waals surface area contributed by atoms with Crippen LogP contribution >= 0.6 is 0 Å². The number of hydrogen-bond donors (Lipinski definition) is 3. The van der Waals surface area contributed by atoms with Crippen LogP contribution in [0.3, 0.4) is 0 Å². The summed E-state index contributed by atoms with van der Waals surface area (Å²) in [6.07, 6.45) is 5.41. The molecule has 198 valence electrons. The number of carboxylic acids is 1. The number of anilines is 3. The number of rotatable bonds is 9. The number of aromatic nitrogens is 3. The first kappa shape index (κ1) is 25.4. The van der Waals surface area contributed by atoms with Gasteiger partial charge in [0.05, 0.1) is 31.0 Å². The van der Waals surface area contributed by atoms with E-state index in [4.69, 9.17) is 14.5 Å². The number of hydrogen-bond acceptors (Lipinski definition) is 7. The van der Waals surface area contributed by atoms with E-state index in [2.05, 4.69) is 20.2 Å². The summed E-state index contributed by atoms with van der Waals surface area (Å²) in [6.45, 7) is 7.53. The van der Waals surface area contributed by atoms with Gasteiger partial charge in [0.2, 0.25) is 0 Å². The molecule has 0 aliphatic carbocycles. The molecule has 1 fully saturated rings. The lowest BCUT2D eigenvalue weighted by Gasteiger charge is -2.33. The van der Waals surface area contributed by atoms with Gasteiger partial charge in [0.25, 0.3) is 0 Å². The summed E-state index contributed by atoms with van der Waals surface area (Å²) in [7, 11) is 0. The summed E-state index contributed by atoms with van der Waals surface area (Å²) in [4.78, 5) is 26.4. The highest BCUT2D eigenvalue weighted by Crippen LogP contribution is 2.31. The molecule has 3 N–H and O–H groups in total. The van der Waals surface area contributed by atoms with Gasteiger partial charge in [0, 0.05) is 17.4 Å². The maximum atomic E-state index is 11.7. The Morgan fingerprint density at radius 3 is 2.79 bits per heavy atom. The quantitative estimate of drug-likeness (QED) is 0.267. The standard InChI is InChI=1S/C29H33N5O4/c1-4-37-23-9-5-6-10-24(23)38-21-8-7-13-34(18-21)27-17-30-16-26(33-27)32-25-14-19-11-12-20(15-22(19)31-25)29(2,3)28(35)36/h5-6,9-12,14-17,21,31H,4,7-8,13,18H2,1-3H3,(H,32,33)(H,35,36)/t21-/m1/s1. The Balaban J connectivity index is 1.29. The Hall–Kier alpha value is -4.27. The van der Waals surface area contributed by atoms with Crippen LogP contribution in [0.25, 0.3) is 10.9 Å². The van der Waals surface area contributed by atoms with Crippen LogP contribution in [0.15, 0.2) is 60.9 Å². The average molecular weight is 516 g/mol. The summed E-state index contributed by atoms with van der Waals surface area (Å²) in [5.41, 5.74) is 0.610. The smallest absolute Gasteiger partial charge is 0.313 e. The third-order valence-electron chi connectivity index (χ3n) is 6.91. The van der Waals surface area contributed by atoms with Gasteiger partial charge < -0.3 is 29.8 Å². The fourth-order valence-corrected chi connectivity index (χ4v) is 4.66. The van der Waals surface area contributed by atoms with Crippen LogP contribution < -0.4 is 19.7 Å². The normalized spacial score (nSPS) is 15.9. The highest BCUT2D eigenvalue weighted by molar-refractivity contribution is 5.88. The number of benzene rings is 2. The van der Waals surface area contributed by atoms with Gasteiger partial charge in [0.1, 0.15) is 17.7 Å². The minimum Gasteiger partial charge on any atom is -0.490 e. The van der Waals surface area contributed by atoms with E-state index in [-0.39, 0.29) is 6.10 Å². The Bertz CT molecular complexity index is 1430. The summed E-state index contributed by atoms with van der Waals surface area (Å²) in [5.74, 6) is 2.81. The molecule has 4 aromatic rings. The van der Waals surface area contributed by atoms with Gasteiger partial charge >= 0.3 is 5.97 Å². The van der Waals surface area contributed by atoms with Crippen molar-refractivity contribution in [1.29, 1.82) is 0 Å². The second-order valence-corrected chi connectivity index (χ2v) is 10.0. The van der Waals surface area contributed by atoms with Crippen molar-refractivity contribution in [2.75, 3.05) is 29.9 Å². The predicted octanol–water partition coefficient (Wildman–Crippen LogP) is 5.51. The molecule has 0 unspecified atom stereocenters. The fourth-order valence-electron chi connectivity index (χ4n) is 4.66. The molecule has 1 atom stereocenters. The SMILES string of the molecule is CCOc1ccccc1O[C@@H]1CCCN(c2cncc(Nc3cc4ccc(C(C)(C)C(=O)O)cc4[nH]3)n2)C1. The number of carboxylic acid groups (broad SMARTS) is 1. The molecule has 1 aliphatic rings. The number of para-hydroxylation sites is 2. The first-order chi connectivity index (χ1) is 18.3. The third kappa shape index (κ3) is 5.37. The molecule has 9 nitrogen and oxygen atoms in total. The van der Waals surface area contributed by atoms with E-state index in [9.17, 15) is 9.90 Å². The van der Waals surface area contributed by atoms with Crippen molar-refractivity contribution in [2.24, 2.45) is 0 Å². The lowest BCUT2D eigenvalue weighted by molar-refractivity contribution is -0.142. The average Bonchev–Trinajstić information content (AvgIpc) is 3.32. The topological polar surface area (TPSA) is 113 Å². The number of piperidine rings is 1. The fraction of sp³-hybridized carbons (Fsp3) is 0.345. The number of H-pyrrole nitrogens is 1. The molecule has 0 saturated carbocycles. The zero-order valence-electron chi connectivity index (χ0n) is 21.9. The molecule has 1 saturated heterocycles. The van der Waals surface area contributed by atoms with Crippen molar-refractivity contribution in [3.63, 3.8) is 0 Å². The maximum Gasteiger partial charge on any atom is 0.313 e. The monoisotopic (exact) mass is 515 g/mol. The number of aromatic amines is 1. The maximum absolute atomic E-state index is 11.7. The van der Waals surface area contributed by atoms with E-state index >= 15 is 0 Å². The van der Waals surface area contributed by atoms with Gasteiger partial charge in [-0.25, -0.2) is 4.98 Å². The Morgan fingerprint density at radius 1 is 1.18 bits per heavy atom. The molecule has 2 aromatic carbocycles. The van der Waals surface area contributed by atoms with Gasteiger partial charge in [-0.2, -0.15) is 0 Å². The molecule has 9 heteroatoms. The van der Waals surface area contributed by atoms with Crippen LogP contribution in [0, 0.1) is 0 Å². The number of ether oxygens (including phenoxy) is 2. The second-order valence-electron chi connectivity index (χ2n) is 10.0. The molecule has 2 aromatic heterocycles. The highest BCUT2D eigenvalue weighted by Gasteiger charge is 2.29. The van der Waals surface area contributed by atoms with Gasteiger partial charge in [-0.15, -0.1) is 0 Å². The third-order valence-corrected chi connectivity index (χ3v) is 6.91. The van der Waals surface area contributed by atoms with E-state index in [0.717, 1.165) is 59.0 Å². The van der Waals surface area contributed by atoms with Crippen molar-refractivity contribution in [3.05, 3.63) is 66.5 Å². The number of carbonyl (C=O) groups is 1. The summed E-state index contributed by atoms with van der Waals surface area (Å²) >= 11 is 0. The van der Waals surface area contributed by atoms with Crippen molar-refractivity contribution in [2.45, 2.75) is 45.1 Å². The summed E-state index contributed by atoms with van der Waals surface area (Å²) in [6, 6.07) is 15.4. The van der Waals surface area contributed by atoms with E-state index in [0.29, 0.717) is 19.0 Å². The molecule has 0 radical (unpaired) electrons. The van der Waals surface area contributed by atoms with Crippen molar-refractivity contribution in [3.8, 4) is 11.5 Å². The molecule has 3 heterocycles. The van der Waals surface area contributed by atoms with Crippen LogP contribution in [0.4, 0.5) is 17.5 Å². The van der Waals surface area contributed by atoms with Gasteiger partial charge in [-0.05, 0) is 63.4 Å². The Morgan fingerprint density at radius 2 is 2.00 bits per heavy atom. The van der Waals surface area contributed by atoms with Crippen LogP contribution in [0.5, 0.6) is 11.5 Å². The van der Waals surface area contributed by atoms with Crippen LogP contribution in [-0.2, 0) is 10.2 Å². The number of aliphatic carboxylic acids is 1. The van der Waals surface area contributed by atoms with Crippen LogP contribution in [0.1, 0.15) is 39.2 Å². The van der Waals surface area contributed by atoms with Crippen molar-refractivity contribution < 1.29 is 19.4 Å². The summed E-state index contributed by atoms with van der Waals surface area (Å²) in [5, 5.41) is 13.9. The zero-order chi connectivity index (χ0) is 26.7. The van der Waals surface area contributed by atoms with E-state index < -0.39 is 11.4 Å². The highest BCUT2D eigenvalue weighted by atomic mass is 16.5. The second kappa shape index (κ2) is 10.6. The molecular weight excluding hydrogens is 482 g/mol. The molecule has 0 spiro atoms. The van der Waals surface area contributed by atoms with E-state index in [1.54, 1.807) is 26.2 Å². The lowest BCUT2D eigenvalue weighted by Crippen LogP contribution is -2.41. The van der Waals surface area contributed by atoms with Gasteiger partial charge in [-0.1, -0.05) is 24.3 Å². The van der Waals surface area contributed by atoms with E-state index in [1.165, 1.54) is 0 Å². The van der Waals surface area contributed by atoms with Crippen LogP contribution in [-0.4, -0.2) is 51.8 Å². The Labute approximate surface area is 221 Å². The largest absolute Gasteiger partial charge is 0.490 e. The molecule has 0 amide bonds. The Kier molecular flexibility index (Phi) is 7.09. The minimum absolute atomic E-state index is 0.0155. The number of nitrogens with zero attached hydrogens (tertiary/aromatic N) is 3. The van der Waals surface area contributed by atoms with Gasteiger partial charge in [-0.3, -0.25) is 9.78 Å². The van der Waals surface area contributed by atoms with Crippen molar-refractivity contribution in [1.82, 2.24) is 15.0 Å². The van der Waals surface area contributed by atoms with Crippen LogP contribution in [0.2, 0.25) is 0 Å². The molecule has 1 aliphatic heterocycles. The van der Waals surface area contributed by atoms with Gasteiger partial charge in [0.15, 0.2) is 17.3 Å². The van der Waals surface area contributed by atoms with E-state index in [1.807, 2.05) is 55.5 Å². The first-order valence-corrected chi connectivity index (χ1v) is 12.9. The minimum atomic E-state index is -0.978. The predicted molar refractivity (Wildman–Crippen MR) is 148 cm³/mol. The molecule has 38 heavy (non-hydrogen) atoms. The zero-order valence-corrected chi connectivity index (χ0v) is 21.9. The first-order valence-electron chi connectivity index (χ1n) is 12.9. The lowest BCUT2D eigenvalue weighted by atomic mass is 9.84. The molecular formula is C29H33N5O4.